The Labute approximate surface area is 203 Å². The fourth-order valence-electron chi connectivity index (χ4n) is 4.46. The van der Waals surface area contributed by atoms with Crippen molar-refractivity contribution in [2.24, 2.45) is 0 Å². The van der Waals surface area contributed by atoms with E-state index in [9.17, 15) is 0 Å². The number of rotatable bonds is 5. The minimum absolute atomic E-state index is 0.511. The van der Waals surface area contributed by atoms with Gasteiger partial charge in [0.1, 0.15) is 5.41 Å². The first-order valence-electron chi connectivity index (χ1n) is 10.7. The molecular formula is C28H22ClN3S. The van der Waals surface area contributed by atoms with Gasteiger partial charge in [0.2, 0.25) is 0 Å². The van der Waals surface area contributed by atoms with Gasteiger partial charge in [-0.05, 0) is 53.5 Å². The van der Waals surface area contributed by atoms with Crippen molar-refractivity contribution in [2.45, 2.75) is 12.3 Å². The van der Waals surface area contributed by atoms with Gasteiger partial charge < -0.3 is 0 Å². The first-order valence-corrected chi connectivity index (χ1v) is 11.5. The monoisotopic (exact) mass is 467 g/mol. The molecule has 0 unspecified atom stereocenters. The molecule has 0 aliphatic rings. The molecular weight excluding hydrogens is 446 g/mol. The van der Waals surface area contributed by atoms with Crippen molar-refractivity contribution < 1.29 is 0 Å². The molecule has 1 aromatic heterocycles. The predicted molar refractivity (Wildman–Crippen MR) is 137 cm³/mol. The molecule has 0 fully saturated rings. The minimum atomic E-state index is -0.714. The summed E-state index contributed by atoms with van der Waals surface area (Å²) in [5.74, 6) is 0.774. The third-order valence-corrected chi connectivity index (χ3v) is 6.72. The first kappa shape index (κ1) is 21.4. The summed E-state index contributed by atoms with van der Waals surface area (Å²) in [6.45, 7) is 1.99. The van der Waals surface area contributed by atoms with Crippen molar-refractivity contribution in [3.63, 3.8) is 0 Å². The van der Waals surface area contributed by atoms with Crippen LogP contribution in [0.5, 0.6) is 0 Å². The van der Waals surface area contributed by atoms with Crippen LogP contribution in [0.15, 0.2) is 109 Å². The summed E-state index contributed by atoms with van der Waals surface area (Å²) in [5.41, 5.74) is 4.45. The second-order valence-corrected chi connectivity index (χ2v) is 8.76. The van der Waals surface area contributed by atoms with Crippen LogP contribution < -0.4 is 0 Å². The molecule has 0 spiro atoms. The van der Waals surface area contributed by atoms with E-state index in [0.717, 1.165) is 33.8 Å². The zero-order valence-electron chi connectivity index (χ0n) is 18.1. The normalized spacial score (nSPS) is 11.5. The number of aromatic amines is 1. The molecule has 0 amide bonds. The summed E-state index contributed by atoms with van der Waals surface area (Å²) in [6.07, 6.45) is 0. The highest BCUT2D eigenvalue weighted by atomic mass is 35.5. The maximum Gasteiger partial charge on any atom is 0.199 e. The van der Waals surface area contributed by atoms with Crippen LogP contribution in [-0.2, 0) is 5.41 Å². The van der Waals surface area contributed by atoms with Crippen LogP contribution in [0, 0.1) is 11.7 Å². The summed E-state index contributed by atoms with van der Waals surface area (Å²) < 4.78 is 2.50. The van der Waals surface area contributed by atoms with Gasteiger partial charge >= 0.3 is 0 Å². The Morgan fingerprint density at radius 3 is 1.70 bits per heavy atom. The number of aromatic nitrogens is 3. The Hall–Kier alpha value is -3.47. The van der Waals surface area contributed by atoms with Crippen LogP contribution >= 0.6 is 23.8 Å². The lowest BCUT2D eigenvalue weighted by molar-refractivity contribution is 0.659. The molecule has 3 nitrogen and oxygen atoms in total. The van der Waals surface area contributed by atoms with E-state index in [-0.39, 0.29) is 0 Å². The van der Waals surface area contributed by atoms with Gasteiger partial charge in [0, 0.05) is 5.02 Å². The average molecular weight is 468 g/mol. The van der Waals surface area contributed by atoms with Crippen LogP contribution in [0.2, 0.25) is 5.02 Å². The van der Waals surface area contributed by atoms with Gasteiger partial charge in [0.25, 0.3) is 0 Å². The Kier molecular flexibility index (Phi) is 5.71. The van der Waals surface area contributed by atoms with E-state index >= 15 is 0 Å². The number of hydrogen-bond donors (Lipinski definition) is 1. The Morgan fingerprint density at radius 1 is 0.758 bits per heavy atom. The number of nitrogens with zero attached hydrogens (tertiary/aromatic N) is 2. The van der Waals surface area contributed by atoms with Gasteiger partial charge in [-0.15, -0.1) is 0 Å². The smallest absolute Gasteiger partial charge is 0.199 e. The predicted octanol–water partition coefficient (Wildman–Crippen LogP) is 7.27. The maximum atomic E-state index is 6.52. The highest BCUT2D eigenvalue weighted by Gasteiger charge is 2.43. The Bertz CT molecular complexity index is 1340. The molecule has 0 radical (unpaired) electrons. The highest BCUT2D eigenvalue weighted by molar-refractivity contribution is 7.71. The largest absolute Gasteiger partial charge is 0.271 e. The van der Waals surface area contributed by atoms with E-state index in [1.807, 2.05) is 47.9 Å². The average Bonchev–Trinajstić information content (AvgIpc) is 3.25. The molecule has 1 heterocycles. The van der Waals surface area contributed by atoms with Gasteiger partial charge in [0.15, 0.2) is 10.6 Å². The number of H-pyrrole nitrogens is 1. The van der Waals surface area contributed by atoms with Crippen LogP contribution in [0.4, 0.5) is 0 Å². The SMILES string of the molecule is Cc1ccc(-n2c(C(c3ccccc3)(c3ccccc3)c3ccccc3)n[nH]c2=S)cc1Cl. The third-order valence-electron chi connectivity index (χ3n) is 6.04. The lowest BCUT2D eigenvalue weighted by Gasteiger charge is -2.35. The maximum absolute atomic E-state index is 6.52. The molecule has 0 aliphatic carbocycles. The van der Waals surface area contributed by atoms with Crippen LogP contribution in [0.1, 0.15) is 28.1 Å². The number of halogens is 1. The van der Waals surface area contributed by atoms with Gasteiger partial charge in [0.05, 0.1) is 5.69 Å². The lowest BCUT2D eigenvalue weighted by Crippen LogP contribution is -2.34. The molecule has 162 valence electrons. The van der Waals surface area contributed by atoms with Crippen LogP contribution in [-0.4, -0.2) is 14.8 Å². The fourth-order valence-corrected chi connectivity index (χ4v) is 4.87. The molecule has 0 bridgehead atoms. The van der Waals surface area contributed by atoms with Crippen molar-refractivity contribution in [2.75, 3.05) is 0 Å². The summed E-state index contributed by atoms with van der Waals surface area (Å²) >= 11 is 12.3. The summed E-state index contributed by atoms with van der Waals surface area (Å²) in [5, 5.41) is 8.59. The van der Waals surface area contributed by atoms with Crippen molar-refractivity contribution >= 4 is 23.8 Å². The fraction of sp³-hybridized carbons (Fsp3) is 0.0714. The van der Waals surface area contributed by atoms with Gasteiger partial charge in [-0.3, -0.25) is 9.67 Å². The van der Waals surface area contributed by atoms with Gasteiger partial charge in [-0.1, -0.05) is 109 Å². The second kappa shape index (κ2) is 8.81. The quantitative estimate of drug-likeness (QED) is 0.218. The zero-order chi connectivity index (χ0) is 22.8. The molecule has 33 heavy (non-hydrogen) atoms. The van der Waals surface area contributed by atoms with E-state index in [2.05, 4.69) is 77.9 Å². The summed E-state index contributed by atoms with van der Waals surface area (Å²) in [4.78, 5) is 0. The van der Waals surface area contributed by atoms with Crippen molar-refractivity contribution in [3.05, 3.63) is 147 Å². The number of nitrogens with one attached hydrogen (secondary N) is 1. The molecule has 0 saturated heterocycles. The molecule has 0 saturated carbocycles. The number of benzene rings is 4. The van der Waals surface area contributed by atoms with Crippen molar-refractivity contribution in [3.8, 4) is 5.69 Å². The number of aryl methyl sites for hydroxylation is 1. The minimum Gasteiger partial charge on any atom is -0.271 e. The lowest BCUT2D eigenvalue weighted by atomic mass is 9.68. The third kappa shape index (κ3) is 3.62. The van der Waals surface area contributed by atoms with Crippen LogP contribution in [0.3, 0.4) is 0 Å². The molecule has 5 heteroatoms. The Morgan fingerprint density at radius 2 is 1.24 bits per heavy atom. The zero-order valence-corrected chi connectivity index (χ0v) is 19.6. The topological polar surface area (TPSA) is 33.6 Å². The standard InChI is InChI=1S/C28H22ClN3S/c1-20-17-18-24(19-25(20)29)32-26(30-31-27(32)33)28(21-11-5-2-6-12-21,22-13-7-3-8-14-22)23-15-9-4-10-16-23/h2-19H,1H3,(H,31,33). The number of hydrogen-bond acceptors (Lipinski definition) is 2. The first-order chi connectivity index (χ1) is 16.1. The molecule has 0 aliphatic heterocycles. The molecule has 1 N–H and O–H groups in total. The molecule has 5 aromatic rings. The van der Waals surface area contributed by atoms with Gasteiger partial charge in [-0.25, -0.2) is 0 Å². The van der Waals surface area contributed by atoms with E-state index < -0.39 is 5.41 Å². The van der Waals surface area contributed by atoms with E-state index in [1.165, 1.54) is 0 Å². The van der Waals surface area contributed by atoms with Crippen molar-refractivity contribution in [1.29, 1.82) is 0 Å². The summed E-state index contributed by atoms with van der Waals surface area (Å²) in [7, 11) is 0. The summed E-state index contributed by atoms with van der Waals surface area (Å²) in [6, 6.07) is 37.3. The van der Waals surface area contributed by atoms with E-state index in [1.54, 1.807) is 0 Å². The van der Waals surface area contributed by atoms with Crippen molar-refractivity contribution in [1.82, 2.24) is 14.8 Å². The second-order valence-electron chi connectivity index (χ2n) is 7.97. The highest BCUT2D eigenvalue weighted by Crippen LogP contribution is 2.44. The molecule has 0 atom stereocenters. The van der Waals surface area contributed by atoms with E-state index in [0.29, 0.717) is 9.79 Å². The Balaban J connectivity index is 1.94. The van der Waals surface area contributed by atoms with Gasteiger partial charge in [-0.2, -0.15) is 5.10 Å². The van der Waals surface area contributed by atoms with E-state index in [4.69, 9.17) is 28.9 Å². The van der Waals surface area contributed by atoms with Crippen LogP contribution in [0.25, 0.3) is 5.69 Å². The molecule has 4 aromatic carbocycles. The molecule has 5 rings (SSSR count).